The number of carbonyl (C=O) groups excluding carboxylic acids is 2. The Morgan fingerprint density at radius 1 is 1.15 bits per heavy atom. The van der Waals surface area contributed by atoms with Gasteiger partial charge in [-0.3, -0.25) is 14.5 Å². The summed E-state index contributed by atoms with van der Waals surface area (Å²) in [6, 6.07) is 17.9. The zero-order valence-electron chi connectivity index (χ0n) is 19.2. The number of para-hydroxylation sites is 1. The van der Waals surface area contributed by atoms with Crippen molar-refractivity contribution in [3.8, 4) is 5.75 Å². The molecule has 7 nitrogen and oxygen atoms in total. The van der Waals surface area contributed by atoms with Crippen LogP contribution in [0.3, 0.4) is 0 Å². The van der Waals surface area contributed by atoms with Crippen LogP contribution in [0.25, 0.3) is 0 Å². The zero-order valence-corrected chi connectivity index (χ0v) is 19.2. The van der Waals surface area contributed by atoms with E-state index in [9.17, 15) is 9.59 Å². The predicted molar refractivity (Wildman–Crippen MR) is 127 cm³/mol. The monoisotopic (exact) mass is 451 g/mol. The van der Waals surface area contributed by atoms with Gasteiger partial charge < -0.3 is 19.7 Å². The summed E-state index contributed by atoms with van der Waals surface area (Å²) in [5.74, 6) is 0.361. The molecule has 33 heavy (non-hydrogen) atoms. The van der Waals surface area contributed by atoms with E-state index in [1.165, 1.54) is 0 Å². The third-order valence-corrected chi connectivity index (χ3v) is 6.46. The van der Waals surface area contributed by atoms with Crippen LogP contribution < -0.4 is 15.0 Å². The SMILES string of the molecule is CN(CCOc1cccc(CNC(=O)C2CC(=O)N(c3ccccc3)C2)c1)C1CCOCC1. The number of carbonyl (C=O) groups is 2. The number of rotatable bonds is 9. The van der Waals surface area contributed by atoms with E-state index in [4.69, 9.17) is 9.47 Å². The lowest BCUT2D eigenvalue weighted by Crippen LogP contribution is -2.38. The number of hydrogen-bond acceptors (Lipinski definition) is 5. The van der Waals surface area contributed by atoms with E-state index in [1.807, 2.05) is 54.6 Å². The van der Waals surface area contributed by atoms with Gasteiger partial charge in [0.1, 0.15) is 12.4 Å². The van der Waals surface area contributed by atoms with Crippen molar-refractivity contribution in [1.29, 1.82) is 0 Å². The van der Waals surface area contributed by atoms with Crippen molar-refractivity contribution in [3.05, 3.63) is 60.2 Å². The Balaban J connectivity index is 1.22. The van der Waals surface area contributed by atoms with Gasteiger partial charge in [0.05, 0.1) is 5.92 Å². The van der Waals surface area contributed by atoms with Gasteiger partial charge in [0.2, 0.25) is 11.8 Å². The topological polar surface area (TPSA) is 71.1 Å². The summed E-state index contributed by atoms with van der Waals surface area (Å²) >= 11 is 0. The van der Waals surface area contributed by atoms with E-state index in [-0.39, 0.29) is 24.2 Å². The molecule has 0 saturated carbocycles. The standard InChI is InChI=1S/C26H33N3O4/c1-28(22-10-13-32-14-11-22)12-15-33-24-9-5-6-20(16-24)18-27-26(31)21-17-25(30)29(19-21)23-7-3-2-4-8-23/h2-9,16,21-22H,10-15,17-19H2,1H3,(H,27,31). The zero-order chi connectivity index (χ0) is 23.0. The van der Waals surface area contributed by atoms with Gasteiger partial charge in [0.25, 0.3) is 0 Å². The molecule has 2 heterocycles. The number of hydrogen-bond donors (Lipinski definition) is 1. The lowest BCUT2D eigenvalue weighted by molar-refractivity contribution is -0.126. The van der Waals surface area contributed by atoms with Crippen molar-refractivity contribution in [2.45, 2.75) is 31.8 Å². The molecule has 2 aromatic carbocycles. The smallest absolute Gasteiger partial charge is 0.227 e. The van der Waals surface area contributed by atoms with Crippen LogP contribution in [-0.2, 0) is 20.9 Å². The number of nitrogens with zero attached hydrogens (tertiary/aromatic N) is 2. The molecular formula is C26H33N3O4. The maximum absolute atomic E-state index is 12.7. The van der Waals surface area contributed by atoms with Gasteiger partial charge in [-0.05, 0) is 49.7 Å². The van der Waals surface area contributed by atoms with Gasteiger partial charge in [0.15, 0.2) is 0 Å². The third kappa shape index (κ3) is 6.33. The van der Waals surface area contributed by atoms with Crippen LogP contribution >= 0.6 is 0 Å². The molecule has 0 spiro atoms. The fraction of sp³-hybridized carbons (Fsp3) is 0.462. The molecule has 2 fully saturated rings. The number of amides is 2. The second-order valence-corrected chi connectivity index (χ2v) is 8.78. The van der Waals surface area contributed by atoms with Crippen molar-refractivity contribution in [2.24, 2.45) is 5.92 Å². The summed E-state index contributed by atoms with van der Waals surface area (Å²) < 4.78 is 11.4. The molecule has 1 N–H and O–H groups in total. The highest BCUT2D eigenvalue weighted by molar-refractivity contribution is 6.00. The number of likely N-dealkylation sites (N-methyl/N-ethyl adjacent to an activating group) is 1. The van der Waals surface area contributed by atoms with Gasteiger partial charge >= 0.3 is 0 Å². The van der Waals surface area contributed by atoms with E-state index >= 15 is 0 Å². The molecule has 2 aromatic rings. The third-order valence-electron chi connectivity index (χ3n) is 6.46. The molecule has 7 heteroatoms. The molecule has 1 unspecified atom stereocenters. The summed E-state index contributed by atoms with van der Waals surface area (Å²) in [6.07, 6.45) is 2.38. The molecular weight excluding hydrogens is 418 g/mol. The van der Waals surface area contributed by atoms with Gasteiger partial charge in [-0.1, -0.05) is 30.3 Å². The van der Waals surface area contributed by atoms with Crippen LogP contribution in [0.4, 0.5) is 5.69 Å². The Kier molecular flexibility index (Phi) is 7.96. The van der Waals surface area contributed by atoms with Crippen LogP contribution in [0.1, 0.15) is 24.8 Å². The van der Waals surface area contributed by atoms with Crippen LogP contribution in [0.2, 0.25) is 0 Å². The summed E-state index contributed by atoms with van der Waals surface area (Å²) in [5.41, 5.74) is 1.81. The van der Waals surface area contributed by atoms with Crippen molar-refractivity contribution >= 4 is 17.5 Å². The average Bonchev–Trinajstić information content (AvgIpc) is 3.25. The largest absolute Gasteiger partial charge is 0.492 e. The first-order chi connectivity index (χ1) is 16.1. The molecule has 2 amide bonds. The highest BCUT2D eigenvalue weighted by atomic mass is 16.5. The lowest BCUT2D eigenvalue weighted by Gasteiger charge is -2.31. The van der Waals surface area contributed by atoms with Crippen LogP contribution in [-0.4, -0.2) is 62.7 Å². The maximum atomic E-state index is 12.7. The minimum Gasteiger partial charge on any atom is -0.492 e. The first kappa shape index (κ1) is 23.3. The normalized spacial score (nSPS) is 19.2. The first-order valence-corrected chi connectivity index (χ1v) is 11.7. The average molecular weight is 452 g/mol. The summed E-state index contributed by atoms with van der Waals surface area (Å²) in [7, 11) is 2.14. The summed E-state index contributed by atoms with van der Waals surface area (Å²) in [6.45, 7) is 3.97. The second-order valence-electron chi connectivity index (χ2n) is 8.78. The molecule has 0 bridgehead atoms. The molecule has 176 valence electrons. The lowest BCUT2D eigenvalue weighted by atomic mass is 10.1. The van der Waals surface area contributed by atoms with E-state index in [0.717, 1.165) is 49.6 Å². The molecule has 1 atom stereocenters. The molecule has 0 aromatic heterocycles. The van der Waals surface area contributed by atoms with Crippen LogP contribution in [0.5, 0.6) is 5.75 Å². The van der Waals surface area contributed by atoms with Crippen molar-refractivity contribution in [1.82, 2.24) is 10.2 Å². The molecule has 0 radical (unpaired) electrons. The number of nitrogens with one attached hydrogen (secondary N) is 1. The Morgan fingerprint density at radius 2 is 1.94 bits per heavy atom. The molecule has 4 rings (SSSR count). The Morgan fingerprint density at radius 3 is 2.73 bits per heavy atom. The highest BCUT2D eigenvalue weighted by Gasteiger charge is 2.34. The van der Waals surface area contributed by atoms with Gasteiger partial charge in [-0.2, -0.15) is 0 Å². The van der Waals surface area contributed by atoms with Crippen molar-refractivity contribution < 1.29 is 19.1 Å². The Hall–Kier alpha value is -2.90. The summed E-state index contributed by atoms with van der Waals surface area (Å²) in [5, 5.41) is 2.98. The Labute approximate surface area is 195 Å². The number of ether oxygens (including phenoxy) is 2. The van der Waals surface area contributed by atoms with E-state index < -0.39 is 0 Å². The fourth-order valence-corrected chi connectivity index (χ4v) is 4.44. The molecule has 2 aliphatic heterocycles. The first-order valence-electron chi connectivity index (χ1n) is 11.7. The fourth-order valence-electron chi connectivity index (χ4n) is 4.44. The quantitative estimate of drug-likeness (QED) is 0.635. The number of anilines is 1. The van der Waals surface area contributed by atoms with E-state index in [1.54, 1.807) is 4.90 Å². The minimum absolute atomic E-state index is 0.0116. The number of benzene rings is 2. The highest BCUT2D eigenvalue weighted by Crippen LogP contribution is 2.25. The van der Waals surface area contributed by atoms with Gasteiger partial charge in [-0.25, -0.2) is 0 Å². The van der Waals surface area contributed by atoms with Crippen LogP contribution in [0, 0.1) is 5.92 Å². The van der Waals surface area contributed by atoms with Crippen molar-refractivity contribution in [2.75, 3.05) is 44.9 Å². The van der Waals surface area contributed by atoms with Gasteiger partial charge in [0, 0.05) is 51.0 Å². The summed E-state index contributed by atoms with van der Waals surface area (Å²) in [4.78, 5) is 29.1. The second kappa shape index (κ2) is 11.3. The maximum Gasteiger partial charge on any atom is 0.227 e. The van der Waals surface area contributed by atoms with E-state index in [0.29, 0.717) is 25.7 Å². The molecule has 0 aliphatic carbocycles. The minimum atomic E-state index is -0.335. The molecule has 2 aliphatic rings. The molecule has 2 saturated heterocycles. The van der Waals surface area contributed by atoms with Gasteiger partial charge in [-0.15, -0.1) is 0 Å². The Bertz CT molecular complexity index is 930. The predicted octanol–water partition coefficient (Wildman–Crippen LogP) is 2.85. The van der Waals surface area contributed by atoms with E-state index in [2.05, 4.69) is 17.3 Å². The van der Waals surface area contributed by atoms with Crippen LogP contribution in [0.15, 0.2) is 54.6 Å². The van der Waals surface area contributed by atoms with Crippen molar-refractivity contribution in [3.63, 3.8) is 0 Å².